The summed E-state index contributed by atoms with van der Waals surface area (Å²) in [6, 6.07) is 8.08. The molecule has 1 amide bonds. The Morgan fingerprint density at radius 1 is 1.35 bits per heavy atom. The van der Waals surface area contributed by atoms with Crippen LogP contribution in [0.1, 0.15) is 20.8 Å². The van der Waals surface area contributed by atoms with E-state index in [0.717, 1.165) is 24.5 Å². The molecule has 1 aromatic rings. The van der Waals surface area contributed by atoms with Gasteiger partial charge >= 0.3 is 6.09 Å². The second kappa shape index (κ2) is 6.03. The summed E-state index contributed by atoms with van der Waals surface area (Å²) in [6.07, 6.45) is -0.222. The summed E-state index contributed by atoms with van der Waals surface area (Å²) < 4.78 is 5.13. The first-order chi connectivity index (χ1) is 9.52. The lowest BCUT2D eigenvalue weighted by Gasteiger charge is -2.44. The van der Waals surface area contributed by atoms with Crippen molar-refractivity contribution >= 4 is 17.5 Å². The molecule has 20 heavy (non-hydrogen) atoms. The van der Waals surface area contributed by atoms with Gasteiger partial charge in [0.1, 0.15) is 0 Å². The molecule has 0 aromatic heterocycles. The van der Waals surface area contributed by atoms with Crippen LogP contribution in [0.2, 0.25) is 0 Å². The molecule has 2 atom stereocenters. The smallest absolute Gasteiger partial charge is 0.410 e. The maximum absolute atomic E-state index is 12.0. The summed E-state index contributed by atoms with van der Waals surface area (Å²) >= 11 is 0. The highest BCUT2D eigenvalue weighted by atomic mass is 16.6. The zero-order valence-corrected chi connectivity index (χ0v) is 12.4. The summed E-state index contributed by atoms with van der Waals surface area (Å²) in [5.74, 6) is 0. The summed E-state index contributed by atoms with van der Waals surface area (Å²) in [7, 11) is 0. The molecule has 1 saturated heterocycles. The topological polar surface area (TPSA) is 58.8 Å². The Balaban J connectivity index is 2.11. The van der Waals surface area contributed by atoms with Gasteiger partial charge in [0, 0.05) is 24.5 Å². The Morgan fingerprint density at radius 2 is 2.00 bits per heavy atom. The molecule has 0 aliphatic carbocycles. The molecular formula is C15H23N3O2. The Bertz CT molecular complexity index is 466. The zero-order chi connectivity index (χ0) is 14.7. The van der Waals surface area contributed by atoms with Crippen molar-refractivity contribution in [1.82, 2.24) is 4.90 Å². The lowest BCUT2D eigenvalue weighted by molar-refractivity contribution is 0.0698. The highest BCUT2D eigenvalue weighted by Crippen LogP contribution is 2.24. The number of piperazine rings is 1. The maximum atomic E-state index is 12.0. The standard InChI is InChI=1S/C15H23N3O2/c1-4-20-15(19)18-11(2)9-17(10-12(18)3)14-7-5-6-13(16)8-14/h5-8,11-12H,4,9-10,16H2,1-3H3. The van der Waals surface area contributed by atoms with Crippen LogP contribution in [0.15, 0.2) is 24.3 Å². The van der Waals surface area contributed by atoms with Gasteiger partial charge in [-0.1, -0.05) is 6.07 Å². The van der Waals surface area contributed by atoms with Gasteiger partial charge < -0.3 is 15.4 Å². The van der Waals surface area contributed by atoms with Crippen molar-refractivity contribution in [2.24, 2.45) is 0 Å². The van der Waals surface area contributed by atoms with E-state index in [1.807, 2.05) is 43.9 Å². The molecule has 0 saturated carbocycles. The largest absolute Gasteiger partial charge is 0.450 e. The van der Waals surface area contributed by atoms with Crippen LogP contribution in [0.25, 0.3) is 0 Å². The molecule has 5 nitrogen and oxygen atoms in total. The third-order valence-electron chi connectivity index (χ3n) is 3.63. The van der Waals surface area contributed by atoms with Crippen LogP contribution in [-0.2, 0) is 4.74 Å². The molecule has 2 N–H and O–H groups in total. The Kier molecular flexibility index (Phi) is 4.37. The van der Waals surface area contributed by atoms with E-state index in [-0.39, 0.29) is 18.2 Å². The predicted octanol–water partition coefficient (Wildman–Crippen LogP) is 2.32. The number of nitrogen functional groups attached to an aromatic ring is 1. The fourth-order valence-electron chi connectivity index (χ4n) is 2.81. The minimum Gasteiger partial charge on any atom is -0.450 e. The third kappa shape index (κ3) is 2.98. The fraction of sp³-hybridized carbons (Fsp3) is 0.533. The Labute approximate surface area is 120 Å². The molecule has 0 spiro atoms. The lowest BCUT2D eigenvalue weighted by Crippen LogP contribution is -2.58. The number of hydrogen-bond acceptors (Lipinski definition) is 4. The Morgan fingerprint density at radius 3 is 2.55 bits per heavy atom. The van der Waals surface area contributed by atoms with Gasteiger partial charge in [-0.3, -0.25) is 4.90 Å². The molecular weight excluding hydrogens is 254 g/mol. The van der Waals surface area contributed by atoms with Crippen molar-refractivity contribution in [3.8, 4) is 0 Å². The number of nitrogens with zero attached hydrogens (tertiary/aromatic N) is 2. The van der Waals surface area contributed by atoms with E-state index in [4.69, 9.17) is 10.5 Å². The molecule has 2 rings (SSSR count). The normalized spacial score (nSPS) is 22.8. The number of carbonyl (C=O) groups is 1. The van der Waals surface area contributed by atoms with Crippen LogP contribution >= 0.6 is 0 Å². The van der Waals surface area contributed by atoms with E-state index in [1.165, 1.54) is 0 Å². The lowest BCUT2D eigenvalue weighted by atomic mass is 10.1. The summed E-state index contributed by atoms with van der Waals surface area (Å²) in [4.78, 5) is 16.1. The van der Waals surface area contributed by atoms with Crippen LogP contribution in [0.5, 0.6) is 0 Å². The summed E-state index contributed by atoms with van der Waals surface area (Å²) in [5.41, 5.74) is 7.70. The minimum absolute atomic E-state index is 0.110. The number of carbonyl (C=O) groups excluding carboxylic acids is 1. The van der Waals surface area contributed by atoms with E-state index < -0.39 is 0 Å². The van der Waals surface area contributed by atoms with Crippen molar-refractivity contribution in [2.45, 2.75) is 32.9 Å². The summed E-state index contributed by atoms with van der Waals surface area (Å²) in [6.45, 7) is 7.90. The quantitative estimate of drug-likeness (QED) is 0.843. The number of hydrogen-bond donors (Lipinski definition) is 1. The van der Waals surface area contributed by atoms with Crippen LogP contribution in [-0.4, -0.2) is 42.8 Å². The fourth-order valence-corrected chi connectivity index (χ4v) is 2.81. The number of ether oxygens (including phenoxy) is 1. The van der Waals surface area contributed by atoms with E-state index in [2.05, 4.69) is 11.0 Å². The van der Waals surface area contributed by atoms with Crippen molar-refractivity contribution in [3.05, 3.63) is 24.3 Å². The second-order valence-electron chi connectivity index (χ2n) is 5.30. The molecule has 0 bridgehead atoms. The predicted molar refractivity (Wildman–Crippen MR) is 80.9 cm³/mol. The summed E-state index contributed by atoms with van der Waals surface area (Å²) in [5, 5.41) is 0. The average molecular weight is 277 g/mol. The number of benzene rings is 1. The Hall–Kier alpha value is -1.91. The van der Waals surface area contributed by atoms with Gasteiger partial charge in [-0.25, -0.2) is 4.79 Å². The zero-order valence-electron chi connectivity index (χ0n) is 12.4. The minimum atomic E-state index is -0.222. The van der Waals surface area contributed by atoms with Crippen LogP contribution < -0.4 is 10.6 Å². The molecule has 110 valence electrons. The van der Waals surface area contributed by atoms with Gasteiger partial charge in [-0.05, 0) is 39.0 Å². The SMILES string of the molecule is CCOC(=O)N1C(C)CN(c2cccc(N)c2)CC1C. The van der Waals surface area contributed by atoms with Crippen molar-refractivity contribution in [1.29, 1.82) is 0 Å². The molecule has 0 radical (unpaired) electrons. The van der Waals surface area contributed by atoms with Gasteiger partial charge in [-0.2, -0.15) is 0 Å². The van der Waals surface area contributed by atoms with Crippen LogP contribution in [0.4, 0.5) is 16.2 Å². The van der Waals surface area contributed by atoms with Crippen LogP contribution in [0.3, 0.4) is 0 Å². The monoisotopic (exact) mass is 277 g/mol. The number of nitrogens with two attached hydrogens (primary N) is 1. The molecule has 1 fully saturated rings. The van der Waals surface area contributed by atoms with E-state index in [9.17, 15) is 4.79 Å². The van der Waals surface area contributed by atoms with Gasteiger partial charge in [0.15, 0.2) is 0 Å². The number of anilines is 2. The van der Waals surface area contributed by atoms with Gasteiger partial charge in [0.25, 0.3) is 0 Å². The third-order valence-corrected chi connectivity index (χ3v) is 3.63. The van der Waals surface area contributed by atoms with Crippen molar-refractivity contribution in [3.63, 3.8) is 0 Å². The van der Waals surface area contributed by atoms with Gasteiger partial charge in [-0.15, -0.1) is 0 Å². The molecule has 5 heteroatoms. The molecule has 1 aliphatic heterocycles. The maximum Gasteiger partial charge on any atom is 0.410 e. The first kappa shape index (κ1) is 14.5. The van der Waals surface area contributed by atoms with E-state index in [1.54, 1.807) is 0 Å². The number of rotatable bonds is 2. The first-order valence-electron chi connectivity index (χ1n) is 7.08. The van der Waals surface area contributed by atoms with Crippen molar-refractivity contribution in [2.75, 3.05) is 30.3 Å². The van der Waals surface area contributed by atoms with Crippen LogP contribution in [0, 0.1) is 0 Å². The average Bonchev–Trinajstić information content (AvgIpc) is 2.38. The number of amides is 1. The van der Waals surface area contributed by atoms with Crippen molar-refractivity contribution < 1.29 is 9.53 Å². The van der Waals surface area contributed by atoms with E-state index >= 15 is 0 Å². The molecule has 1 aliphatic rings. The highest BCUT2D eigenvalue weighted by molar-refractivity contribution is 5.69. The second-order valence-corrected chi connectivity index (χ2v) is 5.30. The molecule has 1 heterocycles. The van der Waals surface area contributed by atoms with Gasteiger partial charge in [0.2, 0.25) is 0 Å². The molecule has 1 aromatic carbocycles. The van der Waals surface area contributed by atoms with E-state index in [0.29, 0.717) is 6.61 Å². The van der Waals surface area contributed by atoms with Gasteiger partial charge in [0.05, 0.1) is 18.7 Å². The first-order valence-corrected chi connectivity index (χ1v) is 7.08. The highest BCUT2D eigenvalue weighted by Gasteiger charge is 2.33. The molecule has 2 unspecified atom stereocenters.